The Morgan fingerprint density at radius 3 is 2.90 bits per heavy atom. The summed E-state index contributed by atoms with van der Waals surface area (Å²) in [5.41, 5.74) is 1.03. The Bertz CT molecular complexity index is 584. The standard InChI is InChI=1S/C15H18N2O4/c1-2-4-16-8-11-6-14-15(20-10-19-14)7-13(11)18-9-12-3-5-17-21-12/h3,5-7,16H,2,4,8-10H2,1H3. The van der Waals surface area contributed by atoms with Gasteiger partial charge in [-0.15, -0.1) is 0 Å². The molecule has 6 nitrogen and oxygen atoms in total. The van der Waals surface area contributed by atoms with E-state index in [4.69, 9.17) is 18.7 Å². The van der Waals surface area contributed by atoms with Crippen LogP contribution >= 0.6 is 0 Å². The van der Waals surface area contributed by atoms with Gasteiger partial charge in [-0.05, 0) is 19.0 Å². The first kappa shape index (κ1) is 13.8. The van der Waals surface area contributed by atoms with Gasteiger partial charge in [0.2, 0.25) is 6.79 Å². The molecule has 0 atom stereocenters. The summed E-state index contributed by atoms with van der Waals surface area (Å²) < 4.78 is 21.7. The van der Waals surface area contributed by atoms with Gasteiger partial charge in [0.25, 0.3) is 0 Å². The van der Waals surface area contributed by atoms with Crippen LogP contribution in [0.4, 0.5) is 0 Å². The smallest absolute Gasteiger partial charge is 0.231 e. The molecule has 2 heterocycles. The van der Waals surface area contributed by atoms with Gasteiger partial charge in [-0.1, -0.05) is 12.1 Å². The van der Waals surface area contributed by atoms with E-state index in [0.717, 1.165) is 36.6 Å². The number of ether oxygens (including phenoxy) is 3. The van der Waals surface area contributed by atoms with Gasteiger partial charge in [0.05, 0.1) is 6.20 Å². The highest BCUT2D eigenvalue weighted by Gasteiger charge is 2.18. The summed E-state index contributed by atoms with van der Waals surface area (Å²) >= 11 is 0. The minimum absolute atomic E-state index is 0.253. The van der Waals surface area contributed by atoms with Crippen molar-refractivity contribution in [2.75, 3.05) is 13.3 Å². The molecule has 6 heteroatoms. The fraction of sp³-hybridized carbons (Fsp3) is 0.400. The van der Waals surface area contributed by atoms with E-state index in [1.165, 1.54) is 0 Å². The molecule has 0 spiro atoms. The molecule has 0 fully saturated rings. The van der Waals surface area contributed by atoms with Gasteiger partial charge in [-0.25, -0.2) is 0 Å². The quantitative estimate of drug-likeness (QED) is 0.790. The summed E-state index contributed by atoms with van der Waals surface area (Å²) in [6.07, 6.45) is 2.68. The third-order valence-corrected chi connectivity index (χ3v) is 3.16. The molecule has 1 aliphatic rings. The number of fused-ring (bicyclic) bond motifs is 1. The maximum absolute atomic E-state index is 5.83. The summed E-state index contributed by atoms with van der Waals surface area (Å²) in [5.74, 6) is 2.91. The predicted octanol–water partition coefficient (Wildman–Crippen LogP) is 2.48. The van der Waals surface area contributed by atoms with Crippen LogP contribution in [0.1, 0.15) is 24.7 Å². The summed E-state index contributed by atoms with van der Waals surface area (Å²) in [6.45, 7) is 4.39. The summed E-state index contributed by atoms with van der Waals surface area (Å²) in [7, 11) is 0. The number of hydrogen-bond acceptors (Lipinski definition) is 6. The molecule has 112 valence electrons. The van der Waals surface area contributed by atoms with Crippen LogP contribution in [0, 0.1) is 0 Å². The molecule has 0 unspecified atom stereocenters. The fourth-order valence-corrected chi connectivity index (χ4v) is 2.10. The van der Waals surface area contributed by atoms with Crippen molar-refractivity contribution in [2.24, 2.45) is 0 Å². The fourth-order valence-electron chi connectivity index (χ4n) is 2.10. The number of aromatic nitrogens is 1. The highest BCUT2D eigenvalue weighted by Crippen LogP contribution is 2.38. The highest BCUT2D eigenvalue weighted by molar-refractivity contribution is 5.51. The van der Waals surface area contributed by atoms with Crippen molar-refractivity contribution in [1.29, 1.82) is 0 Å². The number of nitrogens with one attached hydrogen (secondary N) is 1. The zero-order valence-electron chi connectivity index (χ0n) is 11.9. The Hall–Kier alpha value is -2.21. The number of rotatable bonds is 7. The molecule has 3 rings (SSSR count). The van der Waals surface area contributed by atoms with Crippen LogP contribution < -0.4 is 19.5 Å². The van der Waals surface area contributed by atoms with E-state index in [2.05, 4.69) is 17.4 Å². The van der Waals surface area contributed by atoms with Crippen LogP contribution in [0.3, 0.4) is 0 Å². The monoisotopic (exact) mass is 290 g/mol. The van der Waals surface area contributed by atoms with Crippen molar-refractivity contribution in [3.63, 3.8) is 0 Å². The zero-order valence-corrected chi connectivity index (χ0v) is 11.9. The van der Waals surface area contributed by atoms with Crippen LogP contribution in [-0.2, 0) is 13.2 Å². The first-order valence-corrected chi connectivity index (χ1v) is 7.02. The third-order valence-electron chi connectivity index (χ3n) is 3.16. The normalized spacial score (nSPS) is 12.6. The van der Waals surface area contributed by atoms with Crippen molar-refractivity contribution in [2.45, 2.75) is 26.5 Å². The molecule has 0 amide bonds. The molecule has 1 aliphatic heterocycles. The van der Waals surface area contributed by atoms with E-state index in [1.807, 2.05) is 12.1 Å². The maximum atomic E-state index is 5.83. The molecule has 2 aromatic rings. The zero-order chi connectivity index (χ0) is 14.5. The van der Waals surface area contributed by atoms with Gasteiger partial charge in [0, 0.05) is 24.2 Å². The second-order valence-corrected chi connectivity index (χ2v) is 4.76. The van der Waals surface area contributed by atoms with Gasteiger partial charge in [-0.2, -0.15) is 0 Å². The van der Waals surface area contributed by atoms with Crippen LogP contribution in [0.2, 0.25) is 0 Å². The second kappa shape index (κ2) is 6.49. The summed E-state index contributed by atoms with van der Waals surface area (Å²) in [6, 6.07) is 5.60. The Balaban J connectivity index is 1.75. The lowest BCUT2D eigenvalue weighted by Crippen LogP contribution is -2.14. The molecule has 0 aliphatic carbocycles. The Labute approximate surface area is 123 Å². The SMILES string of the molecule is CCCNCc1cc2c(cc1OCc1ccno1)OCO2. The summed E-state index contributed by atoms with van der Waals surface area (Å²) in [4.78, 5) is 0. The van der Waals surface area contributed by atoms with Crippen molar-refractivity contribution in [3.8, 4) is 17.2 Å². The average molecular weight is 290 g/mol. The van der Waals surface area contributed by atoms with Crippen molar-refractivity contribution < 1.29 is 18.7 Å². The topological polar surface area (TPSA) is 65.8 Å². The van der Waals surface area contributed by atoms with Gasteiger partial charge in [-0.3, -0.25) is 0 Å². The molecule has 1 N–H and O–H groups in total. The Kier molecular flexibility index (Phi) is 4.25. The minimum atomic E-state index is 0.253. The van der Waals surface area contributed by atoms with Crippen LogP contribution in [-0.4, -0.2) is 18.5 Å². The number of hydrogen-bond donors (Lipinski definition) is 1. The third kappa shape index (κ3) is 3.28. The van der Waals surface area contributed by atoms with Crippen LogP contribution in [0.25, 0.3) is 0 Å². The lowest BCUT2D eigenvalue weighted by atomic mass is 10.1. The predicted molar refractivity (Wildman–Crippen MR) is 75.4 cm³/mol. The second-order valence-electron chi connectivity index (χ2n) is 4.76. The van der Waals surface area contributed by atoms with Gasteiger partial charge < -0.3 is 24.1 Å². The largest absolute Gasteiger partial charge is 0.485 e. The maximum Gasteiger partial charge on any atom is 0.231 e. The highest BCUT2D eigenvalue weighted by atomic mass is 16.7. The van der Waals surface area contributed by atoms with Gasteiger partial charge in [0.15, 0.2) is 17.3 Å². The van der Waals surface area contributed by atoms with Crippen LogP contribution in [0.15, 0.2) is 28.9 Å². The van der Waals surface area contributed by atoms with E-state index in [-0.39, 0.29) is 6.79 Å². The lowest BCUT2D eigenvalue weighted by Gasteiger charge is -2.12. The molecule has 0 saturated heterocycles. The van der Waals surface area contributed by atoms with E-state index in [0.29, 0.717) is 18.1 Å². The molecular weight excluding hydrogens is 272 g/mol. The summed E-state index contributed by atoms with van der Waals surface area (Å²) in [5, 5.41) is 7.03. The minimum Gasteiger partial charge on any atom is -0.485 e. The Morgan fingerprint density at radius 2 is 2.14 bits per heavy atom. The molecule has 0 saturated carbocycles. The number of benzene rings is 1. The number of nitrogens with zero attached hydrogens (tertiary/aromatic N) is 1. The van der Waals surface area contributed by atoms with E-state index >= 15 is 0 Å². The van der Waals surface area contributed by atoms with E-state index < -0.39 is 0 Å². The van der Waals surface area contributed by atoms with E-state index in [9.17, 15) is 0 Å². The van der Waals surface area contributed by atoms with Gasteiger partial charge in [0.1, 0.15) is 12.4 Å². The van der Waals surface area contributed by atoms with Crippen LogP contribution in [0.5, 0.6) is 17.2 Å². The Morgan fingerprint density at radius 1 is 1.29 bits per heavy atom. The molecule has 1 aromatic heterocycles. The van der Waals surface area contributed by atoms with E-state index in [1.54, 1.807) is 12.3 Å². The molecule has 0 radical (unpaired) electrons. The lowest BCUT2D eigenvalue weighted by molar-refractivity contribution is 0.173. The molecular formula is C15H18N2O4. The molecule has 0 bridgehead atoms. The molecule has 21 heavy (non-hydrogen) atoms. The van der Waals surface area contributed by atoms with Crippen molar-refractivity contribution in [3.05, 3.63) is 35.7 Å². The average Bonchev–Trinajstić information content (AvgIpc) is 3.16. The van der Waals surface area contributed by atoms with Crippen molar-refractivity contribution in [1.82, 2.24) is 10.5 Å². The van der Waals surface area contributed by atoms with Crippen molar-refractivity contribution >= 4 is 0 Å². The molecule has 1 aromatic carbocycles. The first-order chi connectivity index (χ1) is 10.4. The first-order valence-electron chi connectivity index (χ1n) is 7.02. The van der Waals surface area contributed by atoms with Gasteiger partial charge >= 0.3 is 0 Å².